The zero-order chi connectivity index (χ0) is 15.5. The highest BCUT2D eigenvalue weighted by Gasteiger charge is 2.10. The third-order valence-corrected chi connectivity index (χ3v) is 6.58. The highest BCUT2D eigenvalue weighted by atomic mass is 35.5. The first-order valence-corrected chi connectivity index (χ1v) is 10.4. The maximum absolute atomic E-state index is 12.3. The number of nitrogens with zero attached hydrogens (tertiary/aromatic N) is 1. The maximum atomic E-state index is 12.3. The van der Waals surface area contributed by atoms with E-state index in [1.54, 1.807) is 34.8 Å². The second-order valence-corrected chi connectivity index (χ2v) is 8.54. The van der Waals surface area contributed by atoms with Crippen LogP contribution in [-0.2, 0) is 22.3 Å². The molecule has 3 aromatic rings. The molecule has 7 heteroatoms. The summed E-state index contributed by atoms with van der Waals surface area (Å²) in [5.74, 6) is 0.892. The fourth-order valence-electron chi connectivity index (χ4n) is 1.92. The van der Waals surface area contributed by atoms with Gasteiger partial charge in [0.15, 0.2) is 0 Å². The van der Waals surface area contributed by atoms with Gasteiger partial charge in [0.25, 0.3) is 0 Å². The second-order valence-electron chi connectivity index (χ2n) is 4.63. The zero-order valence-corrected chi connectivity index (χ0v) is 15.3. The molecular formula is C15H11Cl2NOS3. The fraction of sp³-hybridized carbons (Fsp3) is 0.133. The number of aromatic nitrogens is 1. The van der Waals surface area contributed by atoms with Crippen LogP contribution in [0.25, 0.3) is 10.6 Å². The molecule has 1 atom stereocenters. The molecule has 0 radical (unpaired) electrons. The molecule has 0 aliphatic carbocycles. The molecule has 1 unspecified atom stereocenters. The van der Waals surface area contributed by atoms with E-state index in [-0.39, 0.29) is 0 Å². The first kappa shape index (κ1) is 16.1. The Bertz CT molecular complexity index is 799. The van der Waals surface area contributed by atoms with E-state index in [0.29, 0.717) is 21.6 Å². The minimum atomic E-state index is -1.03. The van der Waals surface area contributed by atoms with Gasteiger partial charge in [0.05, 0.1) is 21.5 Å². The molecule has 0 spiro atoms. The van der Waals surface area contributed by atoms with E-state index in [4.69, 9.17) is 23.2 Å². The Labute approximate surface area is 149 Å². The molecule has 2 heterocycles. The van der Waals surface area contributed by atoms with E-state index in [1.807, 2.05) is 22.9 Å². The lowest BCUT2D eigenvalue weighted by Crippen LogP contribution is -2.00. The smallest absolute Gasteiger partial charge is 0.124 e. The molecule has 0 amide bonds. The number of benzene rings is 1. The van der Waals surface area contributed by atoms with Crippen molar-refractivity contribution < 1.29 is 4.21 Å². The quantitative estimate of drug-likeness (QED) is 0.567. The van der Waals surface area contributed by atoms with E-state index in [9.17, 15) is 4.21 Å². The summed E-state index contributed by atoms with van der Waals surface area (Å²) in [4.78, 5) is 4.55. The predicted molar refractivity (Wildman–Crippen MR) is 97.4 cm³/mol. The van der Waals surface area contributed by atoms with Gasteiger partial charge in [-0.1, -0.05) is 29.3 Å². The van der Waals surface area contributed by atoms with Gasteiger partial charge in [0.1, 0.15) is 5.01 Å². The van der Waals surface area contributed by atoms with Crippen molar-refractivity contribution in [3.63, 3.8) is 0 Å². The van der Waals surface area contributed by atoms with Gasteiger partial charge in [0, 0.05) is 32.9 Å². The lowest BCUT2D eigenvalue weighted by molar-refractivity contribution is 0.681. The Balaban J connectivity index is 1.65. The Morgan fingerprint density at radius 1 is 1.09 bits per heavy atom. The molecule has 3 rings (SSSR count). The summed E-state index contributed by atoms with van der Waals surface area (Å²) in [5.41, 5.74) is 2.90. The summed E-state index contributed by atoms with van der Waals surface area (Å²) in [6, 6.07) is 7.39. The molecule has 0 aliphatic rings. The Morgan fingerprint density at radius 2 is 1.95 bits per heavy atom. The van der Waals surface area contributed by atoms with Gasteiger partial charge in [-0.15, -0.1) is 11.3 Å². The van der Waals surface area contributed by atoms with Crippen LogP contribution < -0.4 is 0 Å². The minimum Gasteiger partial charge on any atom is -0.259 e. The molecule has 0 saturated heterocycles. The highest BCUT2D eigenvalue weighted by Crippen LogP contribution is 2.27. The maximum Gasteiger partial charge on any atom is 0.124 e. The molecule has 0 aliphatic heterocycles. The third kappa shape index (κ3) is 3.97. The topological polar surface area (TPSA) is 30.0 Å². The van der Waals surface area contributed by atoms with Crippen LogP contribution in [0, 0.1) is 0 Å². The SMILES string of the molecule is O=S(Cc1ccc(Cl)c(Cl)c1)Cc1csc(-c2ccsc2)n1. The van der Waals surface area contributed by atoms with Crippen molar-refractivity contribution in [3.8, 4) is 10.6 Å². The Kier molecular flexibility index (Phi) is 5.31. The number of rotatable bonds is 5. The van der Waals surface area contributed by atoms with Crippen molar-refractivity contribution in [2.24, 2.45) is 0 Å². The molecule has 0 N–H and O–H groups in total. The van der Waals surface area contributed by atoms with Gasteiger partial charge in [-0.3, -0.25) is 4.21 Å². The van der Waals surface area contributed by atoms with Crippen molar-refractivity contribution in [1.82, 2.24) is 4.98 Å². The van der Waals surface area contributed by atoms with Gasteiger partial charge >= 0.3 is 0 Å². The summed E-state index contributed by atoms with van der Waals surface area (Å²) < 4.78 is 12.3. The summed E-state index contributed by atoms with van der Waals surface area (Å²) in [6.45, 7) is 0. The minimum absolute atomic E-state index is 0.445. The molecule has 0 saturated carbocycles. The van der Waals surface area contributed by atoms with E-state index >= 15 is 0 Å². The van der Waals surface area contributed by atoms with Crippen molar-refractivity contribution in [1.29, 1.82) is 0 Å². The largest absolute Gasteiger partial charge is 0.259 e. The average Bonchev–Trinajstić information content (AvgIpc) is 3.13. The average molecular weight is 388 g/mol. The van der Waals surface area contributed by atoms with Crippen LogP contribution >= 0.6 is 45.9 Å². The van der Waals surface area contributed by atoms with E-state index in [1.165, 1.54) is 0 Å². The van der Waals surface area contributed by atoms with Crippen molar-refractivity contribution >= 4 is 56.7 Å². The summed E-state index contributed by atoms with van der Waals surface area (Å²) in [5, 5.41) is 8.04. The Morgan fingerprint density at radius 3 is 2.68 bits per heavy atom. The van der Waals surface area contributed by atoms with Crippen LogP contribution in [0.4, 0.5) is 0 Å². The van der Waals surface area contributed by atoms with Gasteiger partial charge in [-0.2, -0.15) is 11.3 Å². The number of hydrogen-bond acceptors (Lipinski definition) is 4. The first-order chi connectivity index (χ1) is 10.6. The van der Waals surface area contributed by atoms with Gasteiger partial charge < -0.3 is 0 Å². The van der Waals surface area contributed by atoms with Crippen LogP contribution in [0.1, 0.15) is 11.3 Å². The van der Waals surface area contributed by atoms with Crippen LogP contribution in [0.5, 0.6) is 0 Å². The number of hydrogen-bond donors (Lipinski definition) is 0. The second kappa shape index (κ2) is 7.23. The fourth-order valence-corrected chi connectivity index (χ4v) is 5.01. The monoisotopic (exact) mass is 387 g/mol. The first-order valence-electron chi connectivity index (χ1n) is 6.37. The van der Waals surface area contributed by atoms with Crippen molar-refractivity contribution in [2.45, 2.75) is 11.5 Å². The van der Waals surface area contributed by atoms with Gasteiger partial charge in [-0.25, -0.2) is 4.98 Å². The lowest BCUT2D eigenvalue weighted by Gasteiger charge is -2.03. The summed E-state index contributed by atoms with van der Waals surface area (Å²) >= 11 is 15.1. The number of halogens is 2. The van der Waals surface area contributed by atoms with E-state index in [0.717, 1.165) is 21.8 Å². The summed E-state index contributed by atoms with van der Waals surface area (Å²) in [7, 11) is -1.03. The number of thiophene rings is 1. The zero-order valence-electron chi connectivity index (χ0n) is 11.3. The Hall–Kier alpha value is -0.720. The third-order valence-electron chi connectivity index (χ3n) is 2.94. The summed E-state index contributed by atoms with van der Waals surface area (Å²) in [6.07, 6.45) is 0. The molecule has 0 fully saturated rings. The molecule has 2 nitrogen and oxygen atoms in total. The van der Waals surface area contributed by atoms with Gasteiger partial charge in [0.2, 0.25) is 0 Å². The van der Waals surface area contributed by atoms with E-state index < -0.39 is 10.8 Å². The molecule has 1 aromatic carbocycles. The molecular weight excluding hydrogens is 377 g/mol. The predicted octanol–water partition coefficient (Wildman–Crippen LogP) is 5.63. The van der Waals surface area contributed by atoms with Gasteiger partial charge in [-0.05, 0) is 29.1 Å². The van der Waals surface area contributed by atoms with Crippen LogP contribution in [-0.4, -0.2) is 9.19 Å². The number of thiazole rings is 1. The van der Waals surface area contributed by atoms with Crippen LogP contribution in [0.15, 0.2) is 40.4 Å². The standard InChI is InChI=1S/C15H11Cl2NOS3/c16-13-2-1-10(5-14(13)17)8-22(19)9-12-7-21-15(18-12)11-3-4-20-6-11/h1-7H,8-9H2. The lowest BCUT2D eigenvalue weighted by atomic mass is 10.2. The van der Waals surface area contributed by atoms with Crippen molar-refractivity contribution in [3.05, 3.63) is 61.7 Å². The van der Waals surface area contributed by atoms with Crippen LogP contribution in [0.3, 0.4) is 0 Å². The van der Waals surface area contributed by atoms with Crippen molar-refractivity contribution in [2.75, 3.05) is 0 Å². The molecule has 22 heavy (non-hydrogen) atoms. The highest BCUT2D eigenvalue weighted by molar-refractivity contribution is 7.83. The van der Waals surface area contributed by atoms with E-state index in [2.05, 4.69) is 10.4 Å². The molecule has 2 aromatic heterocycles. The van der Waals surface area contributed by atoms with Crippen LogP contribution in [0.2, 0.25) is 10.0 Å². The normalized spacial score (nSPS) is 12.5. The molecule has 114 valence electrons. The molecule has 0 bridgehead atoms.